The SMILES string of the molecule is CNc1nc(-c2c(C)cc(C)cc2C)ccc1C#N. The number of hydrogen-bond donors (Lipinski definition) is 1. The number of pyridine rings is 1. The third kappa shape index (κ3) is 2.43. The maximum atomic E-state index is 9.03. The third-order valence-corrected chi connectivity index (χ3v) is 3.19. The Labute approximate surface area is 113 Å². The number of benzene rings is 1. The average Bonchev–Trinajstić information content (AvgIpc) is 2.37. The lowest BCUT2D eigenvalue weighted by Gasteiger charge is -2.12. The van der Waals surface area contributed by atoms with Crippen LogP contribution in [0.5, 0.6) is 0 Å². The molecule has 0 bridgehead atoms. The summed E-state index contributed by atoms with van der Waals surface area (Å²) >= 11 is 0. The zero-order chi connectivity index (χ0) is 14.0. The van der Waals surface area contributed by atoms with Gasteiger partial charge in [-0.1, -0.05) is 17.7 Å². The molecule has 0 atom stereocenters. The van der Waals surface area contributed by atoms with E-state index in [9.17, 15) is 0 Å². The van der Waals surface area contributed by atoms with Gasteiger partial charge in [-0.2, -0.15) is 5.26 Å². The van der Waals surface area contributed by atoms with Crippen LogP contribution in [0, 0.1) is 32.1 Å². The van der Waals surface area contributed by atoms with Crippen molar-refractivity contribution in [1.29, 1.82) is 5.26 Å². The molecule has 0 amide bonds. The van der Waals surface area contributed by atoms with Crippen molar-refractivity contribution < 1.29 is 0 Å². The van der Waals surface area contributed by atoms with Crippen molar-refractivity contribution in [3.63, 3.8) is 0 Å². The Morgan fingerprint density at radius 3 is 2.26 bits per heavy atom. The summed E-state index contributed by atoms with van der Waals surface area (Å²) in [5, 5.41) is 12.0. The Morgan fingerprint density at radius 1 is 1.11 bits per heavy atom. The normalized spacial score (nSPS) is 10.1. The van der Waals surface area contributed by atoms with Gasteiger partial charge < -0.3 is 5.32 Å². The summed E-state index contributed by atoms with van der Waals surface area (Å²) in [5.41, 5.74) is 6.27. The van der Waals surface area contributed by atoms with Gasteiger partial charge in [0.15, 0.2) is 0 Å². The van der Waals surface area contributed by atoms with Gasteiger partial charge >= 0.3 is 0 Å². The lowest BCUT2D eigenvalue weighted by molar-refractivity contribution is 1.23. The predicted molar refractivity (Wildman–Crippen MR) is 78.1 cm³/mol. The molecule has 96 valence electrons. The summed E-state index contributed by atoms with van der Waals surface area (Å²) in [6, 6.07) is 10.2. The Kier molecular flexibility index (Phi) is 3.52. The van der Waals surface area contributed by atoms with Crippen molar-refractivity contribution in [2.45, 2.75) is 20.8 Å². The molecule has 0 fully saturated rings. The van der Waals surface area contributed by atoms with E-state index in [1.54, 1.807) is 7.05 Å². The highest BCUT2D eigenvalue weighted by atomic mass is 15.0. The minimum absolute atomic E-state index is 0.564. The molecule has 0 radical (unpaired) electrons. The van der Waals surface area contributed by atoms with Gasteiger partial charge in [-0.05, 0) is 44.0 Å². The standard InChI is InChI=1S/C16H17N3/c1-10-7-11(2)15(12(3)8-10)14-6-5-13(9-17)16(18-4)19-14/h5-8H,1-4H3,(H,18,19). The lowest BCUT2D eigenvalue weighted by Crippen LogP contribution is -1.99. The summed E-state index contributed by atoms with van der Waals surface area (Å²) < 4.78 is 0. The molecule has 1 N–H and O–H groups in total. The smallest absolute Gasteiger partial charge is 0.144 e. The van der Waals surface area contributed by atoms with E-state index >= 15 is 0 Å². The fourth-order valence-corrected chi connectivity index (χ4v) is 2.46. The number of aromatic nitrogens is 1. The van der Waals surface area contributed by atoms with Crippen molar-refractivity contribution in [3.8, 4) is 17.3 Å². The van der Waals surface area contributed by atoms with E-state index in [2.05, 4.69) is 49.3 Å². The molecule has 3 heteroatoms. The molecular weight excluding hydrogens is 234 g/mol. The maximum Gasteiger partial charge on any atom is 0.144 e. The fourth-order valence-electron chi connectivity index (χ4n) is 2.46. The van der Waals surface area contributed by atoms with Gasteiger partial charge in [-0.3, -0.25) is 0 Å². The van der Waals surface area contributed by atoms with Gasteiger partial charge in [0, 0.05) is 12.6 Å². The first kappa shape index (κ1) is 13.1. The maximum absolute atomic E-state index is 9.03. The molecule has 0 unspecified atom stereocenters. The Hall–Kier alpha value is -2.34. The molecule has 2 aromatic rings. The predicted octanol–water partition coefficient (Wildman–Crippen LogP) is 3.59. The molecule has 19 heavy (non-hydrogen) atoms. The van der Waals surface area contributed by atoms with Crippen molar-refractivity contribution in [2.24, 2.45) is 0 Å². The molecule has 1 aromatic carbocycles. The second kappa shape index (κ2) is 5.11. The molecule has 3 nitrogen and oxygen atoms in total. The van der Waals surface area contributed by atoms with Crippen LogP contribution >= 0.6 is 0 Å². The van der Waals surface area contributed by atoms with E-state index < -0.39 is 0 Å². The number of anilines is 1. The first-order valence-corrected chi connectivity index (χ1v) is 6.24. The average molecular weight is 251 g/mol. The van der Waals surface area contributed by atoms with Gasteiger partial charge in [-0.15, -0.1) is 0 Å². The van der Waals surface area contributed by atoms with Crippen LogP contribution in [0.3, 0.4) is 0 Å². The van der Waals surface area contributed by atoms with Gasteiger partial charge in [0.05, 0.1) is 11.3 Å². The second-order valence-electron chi connectivity index (χ2n) is 4.73. The summed E-state index contributed by atoms with van der Waals surface area (Å²) in [5.74, 6) is 0.624. The van der Waals surface area contributed by atoms with Crippen molar-refractivity contribution >= 4 is 5.82 Å². The van der Waals surface area contributed by atoms with Crippen molar-refractivity contribution in [2.75, 3.05) is 12.4 Å². The van der Waals surface area contributed by atoms with Crippen LogP contribution in [-0.4, -0.2) is 12.0 Å². The zero-order valence-corrected chi connectivity index (χ0v) is 11.7. The highest BCUT2D eigenvalue weighted by molar-refractivity contribution is 5.71. The lowest BCUT2D eigenvalue weighted by atomic mass is 9.97. The van der Waals surface area contributed by atoms with E-state index in [1.165, 1.54) is 16.7 Å². The van der Waals surface area contributed by atoms with E-state index in [-0.39, 0.29) is 0 Å². The van der Waals surface area contributed by atoms with Crippen LogP contribution in [0.25, 0.3) is 11.3 Å². The minimum Gasteiger partial charge on any atom is -0.372 e. The molecule has 0 aliphatic heterocycles. The third-order valence-electron chi connectivity index (χ3n) is 3.19. The van der Waals surface area contributed by atoms with E-state index in [1.807, 2.05) is 12.1 Å². The van der Waals surface area contributed by atoms with Gasteiger partial charge in [0.1, 0.15) is 11.9 Å². The minimum atomic E-state index is 0.564. The topological polar surface area (TPSA) is 48.7 Å². The number of aryl methyl sites for hydroxylation is 3. The highest BCUT2D eigenvalue weighted by Crippen LogP contribution is 2.28. The molecular formula is C16H17N3. The van der Waals surface area contributed by atoms with Crippen molar-refractivity contribution in [3.05, 3.63) is 46.5 Å². The highest BCUT2D eigenvalue weighted by Gasteiger charge is 2.10. The first-order chi connectivity index (χ1) is 9.06. The monoisotopic (exact) mass is 251 g/mol. The Morgan fingerprint density at radius 2 is 1.74 bits per heavy atom. The van der Waals surface area contributed by atoms with E-state index in [4.69, 9.17) is 5.26 Å². The second-order valence-corrected chi connectivity index (χ2v) is 4.73. The molecule has 2 rings (SSSR count). The molecule has 1 aromatic heterocycles. The molecule has 0 aliphatic carbocycles. The summed E-state index contributed by atoms with van der Waals surface area (Å²) in [7, 11) is 1.78. The summed E-state index contributed by atoms with van der Waals surface area (Å²) in [6.07, 6.45) is 0. The first-order valence-electron chi connectivity index (χ1n) is 6.24. The number of nitrogens with zero attached hydrogens (tertiary/aromatic N) is 2. The quantitative estimate of drug-likeness (QED) is 0.887. The van der Waals surface area contributed by atoms with Crippen LogP contribution in [0.4, 0.5) is 5.82 Å². The van der Waals surface area contributed by atoms with Gasteiger partial charge in [-0.25, -0.2) is 4.98 Å². The van der Waals surface area contributed by atoms with Crippen LogP contribution in [0.1, 0.15) is 22.3 Å². The van der Waals surface area contributed by atoms with Crippen molar-refractivity contribution in [1.82, 2.24) is 4.98 Å². The molecule has 0 saturated carbocycles. The zero-order valence-electron chi connectivity index (χ0n) is 11.7. The van der Waals surface area contributed by atoms with Gasteiger partial charge in [0.2, 0.25) is 0 Å². The van der Waals surface area contributed by atoms with Crippen LogP contribution < -0.4 is 5.32 Å². The van der Waals surface area contributed by atoms with E-state index in [0.717, 1.165) is 11.3 Å². The molecule has 0 aliphatic rings. The number of hydrogen-bond acceptors (Lipinski definition) is 3. The Bertz CT molecular complexity index is 643. The summed E-state index contributed by atoms with van der Waals surface area (Å²) in [4.78, 5) is 4.55. The van der Waals surface area contributed by atoms with Crippen LogP contribution in [0.15, 0.2) is 24.3 Å². The van der Waals surface area contributed by atoms with Gasteiger partial charge in [0.25, 0.3) is 0 Å². The largest absolute Gasteiger partial charge is 0.372 e. The van der Waals surface area contributed by atoms with Crippen LogP contribution in [0.2, 0.25) is 0 Å². The number of nitriles is 1. The fraction of sp³-hybridized carbons (Fsp3) is 0.250. The molecule has 0 saturated heterocycles. The van der Waals surface area contributed by atoms with E-state index in [0.29, 0.717) is 11.4 Å². The Balaban J connectivity index is 2.64. The number of rotatable bonds is 2. The summed E-state index contributed by atoms with van der Waals surface area (Å²) in [6.45, 7) is 6.28. The molecule has 1 heterocycles. The van der Waals surface area contributed by atoms with Crippen LogP contribution in [-0.2, 0) is 0 Å². The molecule has 0 spiro atoms. The number of nitrogens with one attached hydrogen (secondary N) is 1.